The third-order valence-corrected chi connectivity index (χ3v) is 12.3. The Kier molecular flexibility index (Phi) is 9.00. The minimum Gasteiger partial charge on any atom is -0.481 e. The Morgan fingerprint density at radius 3 is 2.64 bits per heavy atom. The van der Waals surface area contributed by atoms with E-state index < -0.39 is 15.6 Å². The largest absolute Gasteiger partial charge is 0.481 e. The topological polar surface area (TPSA) is 82.7 Å². The van der Waals surface area contributed by atoms with Crippen LogP contribution in [-0.4, -0.2) is 68.9 Å². The molecule has 2 saturated heterocycles. The van der Waals surface area contributed by atoms with Gasteiger partial charge in [0.15, 0.2) is 5.58 Å². The minimum absolute atomic E-state index is 0.345. The second-order valence-electron chi connectivity index (χ2n) is 13.2. The number of hydrogen-bond acceptors (Lipinski definition) is 7. The molecule has 244 valence electrons. The highest BCUT2D eigenvalue weighted by molar-refractivity contribution is 8.00. The van der Waals surface area contributed by atoms with Gasteiger partial charge in [-0.15, -0.1) is 11.6 Å². The standard InChI is InChI=1S/C37H38Cl2N4O3S/c1-36(39)29(26-7-4-3-5-8-26)9-6-14-37(36,47-32-21-27(10-15-40-32)25-11-16-42(2)17-12-25)35-41-31-20-24(19-30(38)33(31)46-35)22-43-18-13-28(23-43)34(44)45/h3-10,14-15,19-21,25,28H,11-13,16-18,22-23H2,1-2H3,(H,44,45). The fraction of sp³-hybridized carbons (Fsp3) is 0.378. The fourth-order valence-electron chi connectivity index (χ4n) is 7.20. The molecule has 0 saturated carbocycles. The number of halogens is 2. The van der Waals surface area contributed by atoms with Crippen molar-refractivity contribution in [3.05, 3.63) is 107 Å². The summed E-state index contributed by atoms with van der Waals surface area (Å²) in [7, 11) is 2.18. The Morgan fingerprint density at radius 1 is 1.11 bits per heavy atom. The fourth-order valence-corrected chi connectivity index (χ4v) is 9.17. The number of carboxylic acids is 1. The molecule has 0 radical (unpaired) electrons. The first kappa shape index (κ1) is 32.4. The van der Waals surface area contributed by atoms with E-state index in [1.54, 1.807) is 11.8 Å². The molecule has 4 heterocycles. The summed E-state index contributed by atoms with van der Waals surface area (Å²) in [6, 6.07) is 18.4. The summed E-state index contributed by atoms with van der Waals surface area (Å²) >= 11 is 16.2. The number of carboxylic acid groups (broad SMARTS) is 1. The van der Waals surface area contributed by atoms with Gasteiger partial charge in [-0.1, -0.05) is 71.9 Å². The van der Waals surface area contributed by atoms with Crippen molar-refractivity contribution < 1.29 is 14.3 Å². The second kappa shape index (κ2) is 13.1. The lowest BCUT2D eigenvalue weighted by Crippen LogP contribution is -2.44. The van der Waals surface area contributed by atoms with Crippen LogP contribution in [-0.2, 0) is 16.1 Å². The van der Waals surface area contributed by atoms with Gasteiger partial charge in [0.25, 0.3) is 0 Å². The number of hydrogen-bond donors (Lipinski definition) is 1. The smallest absolute Gasteiger partial charge is 0.307 e. The van der Waals surface area contributed by atoms with Crippen molar-refractivity contribution in [3.63, 3.8) is 0 Å². The summed E-state index contributed by atoms with van der Waals surface area (Å²) in [5.74, 6) is -0.158. The summed E-state index contributed by atoms with van der Waals surface area (Å²) in [4.78, 5) is 25.0. The van der Waals surface area contributed by atoms with Crippen LogP contribution in [0.25, 0.3) is 16.7 Å². The lowest BCUT2D eigenvalue weighted by Gasteiger charge is -2.43. The van der Waals surface area contributed by atoms with Crippen molar-refractivity contribution in [1.29, 1.82) is 0 Å². The van der Waals surface area contributed by atoms with Gasteiger partial charge in [-0.3, -0.25) is 9.69 Å². The van der Waals surface area contributed by atoms with Gasteiger partial charge < -0.3 is 14.4 Å². The van der Waals surface area contributed by atoms with Gasteiger partial charge in [-0.25, -0.2) is 9.97 Å². The van der Waals surface area contributed by atoms with Crippen molar-refractivity contribution >= 4 is 57.6 Å². The Balaban J connectivity index is 1.28. The summed E-state index contributed by atoms with van der Waals surface area (Å²) in [5.41, 5.74) is 5.37. The van der Waals surface area contributed by atoms with Crippen molar-refractivity contribution in [2.75, 3.05) is 33.2 Å². The van der Waals surface area contributed by atoms with Crippen LogP contribution in [0.1, 0.15) is 54.7 Å². The van der Waals surface area contributed by atoms with Gasteiger partial charge in [-0.05, 0) is 105 Å². The molecule has 47 heavy (non-hydrogen) atoms. The maximum Gasteiger partial charge on any atom is 0.307 e. The van der Waals surface area contributed by atoms with Gasteiger partial charge in [0, 0.05) is 19.3 Å². The van der Waals surface area contributed by atoms with Crippen LogP contribution >= 0.6 is 35.0 Å². The predicted octanol–water partition coefficient (Wildman–Crippen LogP) is 8.23. The number of carbonyl (C=O) groups is 1. The summed E-state index contributed by atoms with van der Waals surface area (Å²) in [5, 5.41) is 10.8. The van der Waals surface area contributed by atoms with E-state index in [4.69, 9.17) is 37.6 Å². The highest BCUT2D eigenvalue weighted by Crippen LogP contribution is 2.59. The molecule has 3 unspecified atom stereocenters. The molecular weight excluding hydrogens is 651 g/mol. The van der Waals surface area contributed by atoms with E-state index in [1.165, 1.54) is 5.56 Å². The molecule has 0 bridgehead atoms. The molecule has 2 fully saturated rings. The highest BCUT2D eigenvalue weighted by atomic mass is 35.5. The van der Waals surface area contributed by atoms with E-state index in [9.17, 15) is 9.90 Å². The van der Waals surface area contributed by atoms with Crippen LogP contribution in [0.15, 0.2) is 88.5 Å². The van der Waals surface area contributed by atoms with Gasteiger partial charge in [0.2, 0.25) is 5.89 Å². The Labute approximate surface area is 289 Å². The number of allylic oxidation sites excluding steroid dienone is 3. The number of alkyl halides is 1. The van der Waals surface area contributed by atoms with Gasteiger partial charge >= 0.3 is 5.97 Å². The van der Waals surface area contributed by atoms with Crippen LogP contribution in [0.4, 0.5) is 0 Å². The van der Waals surface area contributed by atoms with Crippen LogP contribution < -0.4 is 0 Å². The van der Waals surface area contributed by atoms with Crippen molar-refractivity contribution in [1.82, 2.24) is 19.8 Å². The average Bonchev–Trinajstić information content (AvgIpc) is 3.71. The van der Waals surface area contributed by atoms with Gasteiger partial charge in [0.1, 0.15) is 10.3 Å². The monoisotopic (exact) mass is 688 g/mol. The second-order valence-corrected chi connectivity index (χ2v) is 15.6. The maximum absolute atomic E-state index is 11.5. The van der Waals surface area contributed by atoms with Crippen molar-refractivity contribution in [3.8, 4) is 0 Å². The van der Waals surface area contributed by atoms with Crippen molar-refractivity contribution in [2.45, 2.75) is 53.3 Å². The lowest BCUT2D eigenvalue weighted by molar-refractivity contribution is -0.141. The molecule has 2 aromatic carbocycles. The highest BCUT2D eigenvalue weighted by Gasteiger charge is 2.55. The van der Waals surface area contributed by atoms with Crippen LogP contribution in [0.5, 0.6) is 0 Å². The molecule has 4 aromatic rings. The third kappa shape index (κ3) is 6.27. The van der Waals surface area contributed by atoms with E-state index in [2.05, 4.69) is 53.3 Å². The quantitative estimate of drug-likeness (QED) is 0.185. The zero-order valence-corrected chi connectivity index (χ0v) is 28.9. The molecule has 1 N–H and O–H groups in total. The average molecular weight is 690 g/mol. The van der Waals surface area contributed by atoms with Gasteiger partial charge in [-0.2, -0.15) is 0 Å². The number of aliphatic carboxylic acids is 1. The SMILES string of the molecule is CN1CCC(c2ccnc(SC3(c4nc5cc(CN6CCC(C(=O)O)C6)cc(Cl)c5o4)C=CC=C(c4ccccc4)C3(C)Cl)c2)CC1. The molecule has 2 aliphatic heterocycles. The number of oxazole rings is 1. The number of piperidine rings is 1. The molecule has 7 nitrogen and oxygen atoms in total. The number of fused-ring (bicyclic) bond motifs is 1. The zero-order chi connectivity index (χ0) is 32.8. The maximum atomic E-state index is 11.5. The van der Waals surface area contributed by atoms with Crippen LogP contribution in [0.3, 0.4) is 0 Å². The molecule has 2 aromatic heterocycles. The van der Waals surface area contributed by atoms with E-state index in [-0.39, 0.29) is 5.92 Å². The number of aromatic nitrogens is 2. The minimum atomic E-state index is -0.990. The Bertz CT molecular complexity index is 1850. The molecule has 0 amide bonds. The van der Waals surface area contributed by atoms with E-state index in [1.807, 2.05) is 49.5 Å². The predicted molar refractivity (Wildman–Crippen MR) is 189 cm³/mol. The number of pyridine rings is 1. The lowest BCUT2D eigenvalue weighted by atomic mass is 9.78. The van der Waals surface area contributed by atoms with Gasteiger partial charge in [0.05, 0.1) is 20.8 Å². The van der Waals surface area contributed by atoms with Crippen molar-refractivity contribution in [2.24, 2.45) is 5.92 Å². The number of likely N-dealkylation sites (tertiary alicyclic amines) is 2. The molecular formula is C37H38Cl2N4O3S. The van der Waals surface area contributed by atoms with E-state index in [0.717, 1.165) is 54.2 Å². The number of nitrogens with zero attached hydrogens (tertiary/aromatic N) is 4. The summed E-state index contributed by atoms with van der Waals surface area (Å²) in [6.45, 7) is 6.02. The van der Waals surface area contributed by atoms with E-state index >= 15 is 0 Å². The number of rotatable bonds is 8. The molecule has 3 atom stereocenters. The van der Waals surface area contributed by atoms with E-state index in [0.29, 0.717) is 47.4 Å². The normalized spacial score (nSPS) is 25.8. The first-order valence-corrected chi connectivity index (χ1v) is 17.7. The number of benzene rings is 2. The number of thioether (sulfide) groups is 1. The third-order valence-electron chi connectivity index (χ3n) is 9.95. The Morgan fingerprint density at radius 2 is 1.89 bits per heavy atom. The van der Waals surface area contributed by atoms with Crippen LogP contribution in [0.2, 0.25) is 5.02 Å². The molecule has 1 aliphatic carbocycles. The molecule has 10 heteroatoms. The molecule has 7 rings (SSSR count). The molecule has 3 aliphatic rings. The summed E-state index contributed by atoms with van der Waals surface area (Å²) < 4.78 is 5.64. The first-order valence-electron chi connectivity index (χ1n) is 16.2. The Hall–Kier alpha value is -3.14. The zero-order valence-electron chi connectivity index (χ0n) is 26.5. The first-order chi connectivity index (χ1) is 22.6. The van der Waals surface area contributed by atoms with Crippen LogP contribution in [0, 0.1) is 5.92 Å². The summed E-state index contributed by atoms with van der Waals surface area (Å²) in [6.07, 6.45) is 11.0. The molecule has 0 spiro atoms.